The number of pyridine rings is 1. The predicted octanol–water partition coefficient (Wildman–Crippen LogP) is 2.29. The van der Waals surface area contributed by atoms with Crippen molar-refractivity contribution in [1.82, 2.24) is 14.7 Å². The van der Waals surface area contributed by atoms with E-state index in [1.165, 1.54) is 43.9 Å². The SMILES string of the molecule is CNCc1c(N2CC3CCCC3C2)nc2ccccn12. The lowest BCUT2D eigenvalue weighted by Crippen LogP contribution is -2.23. The number of hydrogen-bond donors (Lipinski definition) is 1. The molecule has 3 heterocycles. The molecule has 4 nitrogen and oxygen atoms in total. The Hall–Kier alpha value is -1.55. The number of hydrogen-bond acceptors (Lipinski definition) is 3. The van der Waals surface area contributed by atoms with Crippen molar-refractivity contribution < 1.29 is 0 Å². The zero-order valence-corrected chi connectivity index (χ0v) is 12.0. The average Bonchev–Trinajstić information content (AvgIpc) is 3.11. The van der Waals surface area contributed by atoms with Crippen LogP contribution >= 0.6 is 0 Å². The van der Waals surface area contributed by atoms with Crippen molar-refractivity contribution in [2.75, 3.05) is 25.0 Å². The molecule has 0 aromatic carbocycles. The van der Waals surface area contributed by atoms with E-state index in [1.807, 2.05) is 7.05 Å². The second-order valence-electron chi connectivity index (χ2n) is 6.20. The maximum atomic E-state index is 4.89. The van der Waals surface area contributed by atoms with Gasteiger partial charge in [-0.3, -0.25) is 0 Å². The molecule has 1 saturated carbocycles. The minimum atomic E-state index is 0.867. The molecular formula is C16H22N4. The van der Waals surface area contributed by atoms with Gasteiger partial charge in [-0.05, 0) is 43.9 Å². The van der Waals surface area contributed by atoms with Gasteiger partial charge in [0.25, 0.3) is 0 Å². The third-order valence-electron chi connectivity index (χ3n) is 4.98. The molecule has 2 aliphatic rings. The number of nitrogens with zero attached hydrogens (tertiary/aromatic N) is 3. The first kappa shape index (κ1) is 12.2. The fourth-order valence-electron chi connectivity index (χ4n) is 4.03. The summed E-state index contributed by atoms with van der Waals surface area (Å²) in [6.45, 7) is 3.27. The Labute approximate surface area is 119 Å². The zero-order chi connectivity index (χ0) is 13.5. The summed E-state index contributed by atoms with van der Waals surface area (Å²) < 4.78 is 2.22. The lowest BCUT2D eigenvalue weighted by atomic mass is 10.0. The van der Waals surface area contributed by atoms with Crippen LogP contribution in [0.2, 0.25) is 0 Å². The largest absolute Gasteiger partial charge is 0.354 e. The van der Waals surface area contributed by atoms with E-state index in [0.717, 1.165) is 24.0 Å². The molecule has 0 spiro atoms. The van der Waals surface area contributed by atoms with E-state index in [0.29, 0.717) is 0 Å². The highest BCUT2D eigenvalue weighted by atomic mass is 15.3. The third-order valence-corrected chi connectivity index (χ3v) is 4.98. The van der Waals surface area contributed by atoms with Gasteiger partial charge < -0.3 is 14.6 Å². The number of fused-ring (bicyclic) bond motifs is 2. The Morgan fingerprint density at radius 3 is 2.80 bits per heavy atom. The lowest BCUT2D eigenvalue weighted by Gasteiger charge is -2.18. The molecule has 4 heteroatoms. The summed E-state index contributed by atoms with van der Waals surface area (Å²) >= 11 is 0. The van der Waals surface area contributed by atoms with Gasteiger partial charge in [-0.2, -0.15) is 0 Å². The van der Waals surface area contributed by atoms with Crippen LogP contribution < -0.4 is 10.2 Å². The second kappa shape index (κ2) is 4.77. The van der Waals surface area contributed by atoms with Crippen LogP contribution in [0.1, 0.15) is 25.0 Å². The van der Waals surface area contributed by atoms with Gasteiger partial charge in [-0.25, -0.2) is 4.98 Å². The fourth-order valence-corrected chi connectivity index (χ4v) is 4.03. The van der Waals surface area contributed by atoms with Crippen molar-refractivity contribution in [2.24, 2.45) is 11.8 Å². The Morgan fingerprint density at radius 2 is 2.05 bits per heavy atom. The first-order valence-corrected chi connectivity index (χ1v) is 7.72. The number of rotatable bonds is 3. The highest BCUT2D eigenvalue weighted by Gasteiger charge is 2.37. The minimum absolute atomic E-state index is 0.867. The van der Waals surface area contributed by atoms with Gasteiger partial charge in [0.1, 0.15) is 5.65 Å². The van der Waals surface area contributed by atoms with Crippen LogP contribution in [0.25, 0.3) is 5.65 Å². The quantitative estimate of drug-likeness (QED) is 0.929. The van der Waals surface area contributed by atoms with Crippen molar-refractivity contribution in [3.05, 3.63) is 30.1 Å². The number of imidazole rings is 1. The molecule has 1 N–H and O–H groups in total. The van der Waals surface area contributed by atoms with Gasteiger partial charge in [-0.15, -0.1) is 0 Å². The lowest BCUT2D eigenvalue weighted by molar-refractivity contribution is 0.494. The molecule has 2 unspecified atom stereocenters. The summed E-state index contributed by atoms with van der Waals surface area (Å²) in [6, 6.07) is 6.24. The molecule has 2 fully saturated rings. The van der Waals surface area contributed by atoms with Gasteiger partial charge in [0.2, 0.25) is 0 Å². The van der Waals surface area contributed by atoms with Crippen LogP contribution in [0.4, 0.5) is 5.82 Å². The molecule has 2 atom stereocenters. The van der Waals surface area contributed by atoms with Gasteiger partial charge >= 0.3 is 0 Å². The van der Waals surface area contributed by atoms with E-state index in [2.05, 4.69) is 39.0 Å². The molecule has 0 bridgehead atoms. The minimum Gasteiger partial charge on any atom is -0.354 e. The van der Waals surface area contributed by atoms with Gasteiger partial charge in [0, 0.05) is 25.8 Å². The molecule has 4 rings (SSSR count). The zero-order valence-electron chi connectivity index (χ0n) is 12.0. The number of nitrogens with one attached hydrogen (secondary N) is 1. The molecule has 1 aliphatic carbocycles. The van der Waals surface area contributed by atoms with E-state index in [9.17, 15) is 0 Å². The standard InChI is InChI=1S/C16H22N4/c1-17-9-14-16(18-15-7-2-3-8-20(14)15)19-10-12-5-4-6-13(12)11-19/h2-3,7-8,12-13,17H,4-6,9-11H2,1H3. The van der Waals surface area contributed by atoms with E-state index in [4.69, 9.17) is 4.98 Å². The second-order valence-corrected chi connectivity index (χ2v) is 6.20. The maximum Gasteiger partial charge on any atom is 0.152 e. The molecule has 0 radical (unpaired) electrons. The normalized spacial score (nSPS) is 25.6. The molecule has 2 aromatic heterocycles. The molecule has 2 aromatic rings. The molecule has 1 saturated heterocycles. The average molecular weight is 270 g/mol. The molecule has 0 amide bonds. The Kier molecular flexibility index (Phi) is 2.91. The number of anilines is 1. The van der Waals surface area contributed by atoms with Crippen molar-refractivity contribution >= 4 is 11.5 Å². The van der Waals surface area contributed by atoms with Crippen LogP contribution in [-0.4, -0.2) is 29.5 Å². The van der Waals surface area contributed by atoms with Gasteiger partial charge in [-0.1, -0.05) is 12.5 Å². The Balaban J connectivity index is 1.73. The van der Waals surface area contributed by atoms with E-state index >= 15 is 0 Å². The summed E-state index contributed by atoms with van der Waals surface area (Å²) in [4.78, 5) is 7.41. The monoisotopic (exact) mass is 270 g/mol. The van der Waals surface area contributed by atoms with Crippen molar-refractivity contribution in [3.63, 3.8) is 0 Å². The molecule has 20 heavy (non-hydrogen) atoms. The highest BCUT2D eigenvalue weighted by molar-refractivity contribution is 5.56. The van der Waals surface area contributed by atoms with E-state index < -0.39 is 0 Å². The van der Waals surface area contributed by atoms with Crippen LogP contribution in [0.3, 0.4) is 0 Å². The van der Waals surface area contributed by atoms with Crippen LogP contribution in [0, 0.1) is 11.8 Å². The van der Waals surface area contributed by atoms with Crippen molar-refractivity contribution in [2.45, 2.75) is 25.8 Å². The Bertz CT molecular complexity index is 606. The summed E-state index contributed by atoms with van der Waals surface area (Å²) in [5.74, 6) is 3.00. The topological polar surface area (TPSA) is 32.6 Å². The first-order chi connectivity index (χ1) is 9.86. The van der Waals surface area contributed by atoms with Crippen molar-refractivity contribution in [3.8, 4) is 0 Å². The summed E-state index contributed by atoms with van der Waals surface area (Å²) in [5.41, 5.74) is 2.35. The first-order valence-electron chi connectivity index (χ1n) is 7.72. The molecule has 1 aliphatic heterocycles. The van der Waals surface area contributed by atoms with Crippen LogP contribution in [0.15, 0.2) is 24.4 Å². The Morgan fingerprint density at radius 1 is 1.25 bits per heavy atom. The molecular weight excluding hydrogens is 248 g/mol. The molecule has 106 valence electrons. The van der Waals surface area contributed by atoms with E-state index in [1.54, 1.807) is 0 Å². The summed E-state index contributed by atoms with van der Waals surface area (Å²) in [5, 5.41) is 3.29. The van der Waals surface area contributed by atoms with Crippen molar-refractivity contribution in [1.29, 1.82) is 0 Å². The smallest absolute Gasteiger partial charge is 0.152 e. The maximum absolute atomic E-state index is 4.89. The van der Waals surface area contributed by atoms with Crippen LogP contribution in [-0.2, 0) is 6.54 Å². The van der Waals surface area contributed by atoms with E-state index in [-0.39, 0.29) is 0 Å². The number of aromatic nitrogens is 2. The van der Waals surface area contributed by atoms with Gasteiger partial charge in [0.15, 0.2) is 5.82 Å². The van der Waals surface area contributed by atoms with Crippen LogP contribution in [0.5, 0.6) is 0 Å². The van der Waals surface area contributed by atoms with Gasteiger partial charge in [0.05, 0.1) is 5.69 Å². The highest BCUT2D eigenvalue weighted by Crippen LogP contribution is 2.40. The fraction of sp³-hybridized carbons (Fsp3) is 0.562. The summed E-state index contributed by atoms with van der Waals surface area (Å²) in [6.07, 6.45) is 6.37. The predicted molar refractivity (Wildman–Crippen MR) is 81.0 cm³/mol. The third kappa shape index (κ3) is 1.82. The summed E-state index contributed by atoms with van der Waals surface area (Å²) in [7, 11) is 2.00.